The predicted octanol–water partition coefficient (Wildman–Crippen LogP) is -0.254. The van der Waals surface area contributed by atoms with E-state index < -0.39 is 11.5 Å². The van der Waals surface area contributed by atoms with Gasteiger partial charge in [-0.25, -0.2) is 0 Å². The van der Waals surface area contributed by atoms with E-state index in [0.29, 0.717) is 0 Å². The Labute approximate surface area is 61.7 Å². The molecule has 1 rings (SSSR count). The predicted molar refractivity (Wildman–Crippen MR) is 39.1 cm³/mol. The number of rotatable bonds is 0. The summed E-state index contributed by atoms with van der Waals surface area (Å²) in [5, 5.41) is 10.2. The first-order chi connectivity index (χ1) is 4.81. The highest BCUT2D eigenvalue weighted by molar-refractivity contribution is 7.53. The molecule has 0 amide bonds. The van der Waals surface area contributed by atoms with Gasteiger partial charge in [0.2, 0.25) is 0 Å². The van der Waals surface area contributed by atoms with E-state index in [0.717, 1.165) is 4.73 Å². The van der Waals surface area contributed by atoms with Gasteiger partial charge < -0.3 is 5.21 Å². The fourth-order valence-electron chi connectivity index (χ4n) is 0.383. The third-order valence-electron chi connectivity index (χ3n) is 0.688. The molecule has 1 heterocycles. The van der Waals surface area contributed by atoms with Crippen LogP contribution in [0, 0.1) is 9.99 Å². The highest BCUT2D eigenvalue weighted by Crippen LogP contribution is 1.72. The van der Waals surface area contributed by atoms with Crippen LogP contribution in [0.3, 0.4) is 0 Å². The number of aromatic nitrogens is 1. The van der Waals surface area contributed by atoms with Gasteiger partial charge in [0.05, 0.1) is 0 Å². The SMILES string of the molecule is N=[SH2]=O.[O-][n+]1ccccc1. The van der Waals surface area contributed by atoms with Crippen molar-refractivity contribution in [3.63, 3.8) is 0 Å². The summed E-state index contributed by atoms with van der Waals surface area (Å²) in [7, 11) is 0. The maximum absolute atomic E-state index is 10.2. The maximum Gasteiger partial charge on any atom is 0.180 e. The minimum Gasteiger partial charge on any atom is -0.619 e. The van der Waals surface area contributed by atoms with E-state index in [-0.39, 0.29) is 0 Å². The second-order valence-electron chi connectivity index (χ2n) is 1.34. The molecule has 0 unspecified atom stereocenters. The first kappa shape index (κ1) is 8.90. The summed E-state index contributed by atoms with van der Waals surface area (Å²) in [4.78, 5) is 0. The quantitative estimate of drug-likeness (QED) is 0.420. The molecule has 0 aliphatic carbocycles. The Morgan fingerprint density at radius 3 is 1.90 bits per heavy atom. The fraction of sp³-hybridized carbons (Fsp3) is 0. The van der Waals surface area contributed by atoms with Crippen molar-refractivity contribution < 1.29 is 8.94 Å². The molecule has 0 fully saturated rings. The summed E-state index contributed by atoms with van der Waals surface area (Å²) in [5.41, 5.74) is 0. The Morgan fingerprint density at radius 2 is 1.70 bits per heavy atom. The zero-order valence-electron chi connectivity index (χ0n) is 5.15. The lowest BCUT2D eigenvalue weighted by atomic mass is 10.5. The van der Waals surface area contributed by atoms with Gasteiger partial charge in [0.1, 0.15) is 0 Å². The van der Waals surface area contributed by atoms with Crippen molar-refractivity contribution in [3.8, 4) is 0 Å². The van der Waals surface area contributed by atoms with Crippen LogP contribution in [0.25, 0.3) is 0 Å². The van der Waals surface area contributed by atoms with Gasteiger partial charge in [-0.2, -0.15) is 4.73 Å². The number of nitrogens with zero attached hydrogens (tertiary/aromatic N) is 1. The summed E-state index contributed by atoms with van der Waals surface area (Å²) < 4.78 is 15.1. The van der Waals surface area contributed by atoms with E-state index in [2.05, 4.69) is 0 Å². The molecular formula is C5H8N2O2S. The van der Waals surface area contributed by atoms with Crippen molar-refractivity contribution in [1.82, 2.24) is 0 Å². The molecular weight excluding hydrogens is 152 g/mol. The third-order valence-corrected chi connectivity index (χ3v) is 0.688. The Bertz CT molecular complexity index is 208. The van der Waals surface area contributed by atoms with Crippen LogP contribution in [-0.4, -0.2) is 4.21 Å². The molecule has 4 nitrogen and oxygen atoms in total. The van der Waals surface area contributed by atoms with Gasteiger partial charge in [0, 0.05) is 23.6 Å². The van der Waals surface area contributed by atoms with Crippen molar-refractivity contribution in [2.24, 2.45) is 0 Å². The lowest BCUT2D eigenvalue weighted by Crippen LogP contribution is -2.22. The van der Waals surface area contributed by atoms with E-state index in [1.165, 1.54) is 12.4 Å². The minimum atomic E-state index is -0.917. The van der Waals surface area contributed by atoms with Gasteiger partial charge in [-0.05, 0) is 0 Å². The first-order valence-corrected chi connectivity index (χ1v) is 3.39. The van der Waals surface area contributed by atoms with Gasteiger partial charge >= 0.3 is 0 Å². The molecule has 0 aromatic carbocycles. The van der Waals surface area contributed by atoms with Crippen molar-refractivity contribution in [3.05, 3.63) is 35.8 Å². The van der Waals surface area contributed by atoms with Gasteiger partial charge in [-0.3, -0.25) is 8.99 Å². The van der Waals surface area contributed by atoms with E-state index in [1.54, 1.807) is 18.2 Å². The van der Waals surface area contributed by atoms with Gasteiger partial charge in [-0.15, -0.1) is 0 Å². The molecule has 1 aromatic heterocycles. The third kappa shape index (κ3) is 5.04. The molecule has 1 N–H and O–H groups in total. The Hall–Kier alpha value is -1.10. The fourth-order valence-corrected chi connectivity index (χ4v) is 0.383. The second kappa shape index (κ2) is 6.03. The van der Waals surface area contributed by atoms with Gasteiger partial charge in [-0.1, -0.05) is 6.07 Å². The molecule has 5 heteroatoms. The topological polar surface area (TPSA) is 67.9 Å². The Kier molecular flexibility index (Phi) is 5.36. The molecule has 0 saturated heterocycles. The van der Waals surface area contributed by atoms with Crippen molar-refractivity contribution in [2.45, 2.75) is 0 Å². The smallest absolute Gasteiger partial charge is 0.180 e. The average molecular weight is 160 g/mol. The minimum absolute atomic E-state index is 0.750. The Morgan fingerprint density at radius 1 is 1.30 bits per heavy atom. The molecule has 0 aliphatic rings. The monoisotopic (exact) mass is 160 g/mol. The molecule has 56 valence electrons. The highest BCUT2D eigenvalue weighted by Gasteiger charge is 1.74. The van der Waals surface area contributed by atoms with Crippen LogP contribution in [-0.2, 0) is 11.5 Å². The highest BCUT2D eigenvalue weighted by atomic mass is 32.1. The van der Waals surface area contributed by atoms with E-state index in [9.17, 15) is 5.21 Å². The number of nitrogens with one attached hydrogen (secondary N) is 1. The number of hydrogen-bond donors (Lipinski definition) is 1. The molecule has 0 saturated carbocycles. The van der Waals surface area contributed by atoms with Crippen LogP contribution in [0.15, 0.2) is 30.6 Å². The van der Waals surface area contributed by atoms with Crippen LogP contribution in [0.5, 0.6) is 0 Å². The summed E-state index contributed by atoms with van der Waals surface area (Å²) in [6.45, 7) is 0. The van der Waals surface area contributed by atoms with Crippen LogP contribution in [0.1, 0.15) is 0 Å². The molecule has 0 spiro atoms. The molecule has 0 radical (unpaired) electrons. The molecule has 0 bridgehead atoms. The van der Waals surface area contributed by atoms with E-state index >= 15 is 0 Å². The first-order valence-electron chi connectivity index (χ1n) is 2.49. The van der Waals surface area contributed by atoms with Gasteiger partial charge in [0.25, 0.3) is 0 Å². The largest absolute Gasteiger partial charge is 0.619 e. The molecule has 1 aromatic rings. The summed E-state index contributed by atoms with van der Waals surface area (Å²) in [5.74, 6) is 0. The molecule has 0 atom stereocenters. The normalized spacial score (nSPS) is 8.80. The summed E-state index contributed by atoms with van der Waals surface area (Å²) in [6, 6.07) is 5.18. The van der Waals surface area contributed by atoms with Gasteiger partial charge in [0.15, 0.2) is 12.4 Å². The van der Waals surface area contributed by atoms with Crippen molar-refractivity contribution in [1.29, 1.82) is 4.78 Å². The lowest BCUT2D eigenvalue weighted by molar-refractivity contribution is -0.605. The van der Waals surface area contributed by atoms with Crippen LogP contribution < -0.4 is 4.73 Å². The van der Waals surface area contributed by atoms with Crippen LogP contribution in [0.4, 0.5) is 0 Å². The Balaban J connectivity index is 0.000000236. The zero-order chi connectivity index (χ0) is 7.82. The van der Waals surface area contributed by atoms with Crippen LogP contribution in [0.2, 0.25) is 0 Å². The standard InChI is InChI=1S/C5H5NO.H3NOS/c7-6-4-2-1-3-5-6;1-3-2/h1-5H;1H,3H2. The number of hydrogen-bond acceptors (Lipinski definition) is 3. The van der Waals surface area contributed by atoms with Crippen LogP contribution >= 0.6 is 0 Å². The summed E-state index contributed by atoms with van der Waals surface area (Å²) in [6.07, 6.45) is 2.89. The second-order valence-corrected chi connectivity index (χ2v) is 1.54. The summed E-state index contributed by atoms with van der Waals surface area (Å²) >= 11 is -0.917. The molecule has 10 heavy (non-hydrogen) atoms. The van der Waals surface area contributed by atoms with Crippen molar-refractivity contribution >= 4 is 11.5 Å². The van der Waals surface area contributed by atoms with Crippen molar-refractivity contribution in [2.75, 3.05) is 0 Å². The average Bonchev–Trinajstić information content (AvgIpc) is 1.91. The van der Waals surface area contributed by atoms with E-state index in [4.69, 9.17) is 8.99 Å². The lowest BCUT2D eigenvalue weighted by Gasteiger charge is -1.88. The van der Waals surface area contributed by atoms with E-state index in [1.807, 2.05) is 0 Å². The molecule has 0 aliphatic heterocycles. The number of pyridine rings is 1. The maximum atomic E-state index is 10.2. The zero-order valence-corrected chi connectivity index (χ0v) is 6.15.